The Balaban J connectivity index is 1.78. The van der Waals surface area contributed by atoms with Gasteiger partial charge in [0.25, 0.3) is 5.56 Å². The summed E-state index contributed by atoms with van der Waals surface area (Å²) in [5, 5.41) is 2.94. The van der Waals surface area contributed by atoms with E-state index < -0.39 is 18.3 Å². The van der Waals surface area contributed by atoms with Crippen LogP contribution in [0.2, 0.25) is 0 Å². The Morgan fingerprint density at radius 2 is 1.91 bits per heavy atom. The van der Waals surface area contributed by atoms with Crippen LogP contribution in [0.5, 0.6) is 5.75 Å². The average Bonchev–Trinajstić information content (AvgIpc) is 3.12. The van der Waals surface area contributed by atoms with Crippen LogP contribution in [0.25, 0.3) is 5.69 Å². The van der Waals surface area contributed by atoms with Crippen LogP contribution >= 0.6 is 11.8 Å². The molecular formula is C20H22F3N3O5S. The van der Waals surface area contributed by atoms with Gasteiger partial charge in [-0.05, 0) is 30.7 Å². The van der Waals surface area contributed by atoms with Crippen molar-refractivity contribution in [2.24, 2.45) is 0 Å². The number of ether oxygens (including phenoxy) is 3. The van der Waals surface area contributed by atoms with Gasteiger partial charge in [-0.1, -0.05) is 11.8 Å². The number of nitrogens with one attached hydrogen (secondary N) is 1. The molecular weight excluding hydrogens is 451 g/mol. The first-order valence-corrected chi connectivity index (χ1v) is 10.7. The van der Waals surface area contributed by atoms with E-state index in [0.717, 1.165) is 0 Å². The smallest absolute Gasteiger partial charge is 0.422 e. The lowest BCUT2D eigenvalue weighted by Crippen LogP contribution is -2.24. The molecule has 1 N–H and O–H groups in total. The Morgan fingerprint density at radius 1 is 1.16 bits per heavy atom. The van der Waals surface area contributed by atoms with Crippen molar-refractivity contribution < 1.29 is 32.2 Å². The molecule has 0 radical (unpaired) electrons. The minimum Gasteiger partial charge on any atom is -0.484 e. The van der Waals surface area contributed by atoms with Crippen LogP contribution < -0.4 is 15.6 Å². The molecule has 0 saturated heterocycles. The fourth-order valence-corrected chi connectivity index (χ4v) is 3.80. The summed E-state index contributed by atoms with van der Waals surface area (Å²) < 4.78 is 53.5. The molecule has 0 atom stereocenters. The third-order valence-corrected chi connectivity index (χ3v) is 5.36. The van der Waals surface area contributed by atoms with Crippen LogP contribution in [-0.2, 0) is 20.7 Å². The van der Waals surface area contributed by atoms with Crippen molar-refractivity contribution in [2.75, 3.05) is 44.6 Å². The van der Waals surface area contributed by atoms with Crippen molar-refractivity contribution in [1.29, 1.82) is 0 Å². The molecule has 32 heavy (non-hydrogen) atoms. The number of thioether (sulfide) groups is 1. The van der Waals surface area contributed by atoms with E-state index in [2.05, 4.69) is 10.3 Å². The number of alkyl halides is 3. The lowest BCUT2D eigenvalue weighted by molar-refractivity contribution is -0.153. The summed E-state index contributed by atoms with van der Waals surface area (Å²) in [6, 6.07) is 5.65. The largest absolute Gasteiger partial charge is 0.484 e. The van der Waals surface area contributed by atoms with Gasteiger partial charge in [0.15, 0.2) is 11.8 Å². The van der Waals surface area contributed by atoms with Gasteiger partial charge < -0.3 is 19.5 Å². The number of carbonyl (C=O) groups excluding carboxylic acids is 1. The first-order chi connectivity index (χ1) is 15.3. The molecule has 0 spiro atoms. The average molecular weight is 473 g/mol. The van der Waals surface area contributed by atoms with E-state index in [1.807, 2.05) is 0 Å². The molecule has 1 aromatic carbocycles. The van der Waals surface area contributed by atoms with E-state index in [0.29, 0.717) is 42.8 Å². The Labute approximate surface area is 186 Å². The van der Waals surface area contributed by atoms with E-state index in [1.54, 1.807) is 7.11 Å². The van der Waals surface area contributed by atoms with Crippen LogP contribution in [-0.4, -0.2) is 60.9 Å². The number of benzene rings is 1. The highest BCUT2D eigenvalue weighted by molar-refractivity contribution is 7.99. The normalized spacial score (nSPS) is 13.2. The SMILES string of the molecule is COCCOCCCSc1nc2c(c(=O)n1-c1ccc(OCC(F)(F)F)cc1)CC(=O)N2. The third kappa shape index (κ3) is 6.47. The third-order valence-electron chi connectivity index (χ3n) is 4.33. The zero-order valence-corrected chi connectivity index (χ0v) is 18.1. The standard InChI is InChI=1S/C20H22F3N3O5S/c1-29-8-9-30-7-2-10-32-19-25-17-15(11-16(27)24-17)18(28)26(19)13-3-5-14(6-4-13)31-12-20(21,22)23/h3-6H,2,7-12H2,1H3,(H,24,27). The molecule has 0 saturated carbocycles. The first kappa shape index (κ1) is 24.1. The number of fused-ring (bicyclic) bond motifs is 1. The number of anilines is 1. The number of methoxy groups -OCH3 is 1. The van der Waals surface area contributed by atoms with E-state index in [1.165, 1.54) is 40.6 Å². The number of rotatable bonds is 11. The molecule has 2 aromatic rings. The van der Waals surface area contributed by atoms with Gasteiger partial charge in [0.1, 0.15) is 11.6 Å². The van der Waals surface area contributed by atoms with Gasteiger partial charge in [0, 0.05) is 19.5 Å². The Kier molecular flexibility index (Phi) is 8.15. The molecule has 12 heteroatoms. The van der Waals surface area contributed by atoms with Gasteiger partial charge in [-0.25, -0.2) is 4.98 Å². The first-order valence-electron chi connectivity index (χ1n) is 9.74. The van der Waals surface area contributed by atoms with Crippen molar-refractivity contribution in [3.63, 3.8) is 0 Å². The zero-order valence-electron chi connectivity index (χ0n) is 17.2. The summed E-state index contributed by atoms with van der Waals surface area (Å²) in [6.07, 6.45) is -3.83. The van der Waals surface area contributed by atoms with Crippen LogP contribution in [0.3, 0.4) is 0 Å². The molecule has 1 aliphatic rings. The van der Waals surface area contributed by atoms with E-state index in [4.69, 9.17) is 14.2 Å². The summed E-state index contributed by atoms with van der Waals surface area (Å²) >= 11 is 1.31. The van der Waals surface area contributed by atoms with Crippen LogP contribution in [0, 0.1) is 0 Å². The van der Waals surface area contributed by atoms with E-state index in [9.17, 15) is 22.8 Å². The molecule has 0 unspecified atom stereocenters. The fraction of sp³-hybridized carbons (Fsp3) is 0.450. The van der Waals surface area contributed by atoms with Crippen molar-refractivity contribution in [2.45, 2.75) is 24.2 Å². The zero-order chi connectivity index (χ0) is 23.1. The van der Waals surface area contributed by atoms with Crippen LogP contribution in [0.4, 0.5) is 19.0 Å². The Bertz CT molecular complexity index is 996. The molecule has 1 aliphatic heterocycles. The molecule has 2 heterocycles. The number of hydrogen-bond acceptors (Lipinski definition) is 7. The number of hydrogen-bond donors (Lipinski definition) is 1. The quantitative estimate of drug-likeness (QED) is 0.305. The van der Waals surface area contributed by atoms with Crippen molar-refractivity contribution in [3.8, 4) is 11.4 Å². The molecule has 0 aliphatic carbocycles. The maximum atomic E-state index is 13.1. The predicted molar refractivity (Wildman–Crippen MR) is 112 cm³/mol. The lowest BCUT2D eigenvalue weighted by Gasteiger charge is -2.14. The van der Waals surface area contributed by atoms with Crippen LogP contribution in [0.1, 0.15) is 12.0 Å². The molecule has 174 valence electrons. The van der Waals surface area contributed by atoms with Gasteiger partial charge in [-0.15, -0.1) is 0 Å². The summed E-state index contributed by atoms with van der Waals surface area (Å²) in [6.45, 7) is 0.0841. The summed E-state index contributed by atoms with van der Waals surface area (Å²) in [7, 11) is 1.59. The second-order valence-electron chi connectivity index (χ2n) is 6.79. The number of aromatic nitrogens is 2. The monoisotopic (exact) mass is 473 g/mol. The molecule has 1 amide bonds. The minimum absolute atomic E-state index is 0.0208. The van der Waals surface area contributed by atoms with Crippen molar-refractivity contribution in [3.05, 3.63) is 40.2 Å². The number of amides is 1. The molecule has 3 rings (SSSR count). The number of carbonyl (C=O) groups is 1. The lowest BCUT2D eigenvalue weighted by atomic mass is 10.2. The predicted octanol–water partition coefficient (Wildman–Crippen LogP) is 2.81. The molecule has 0 bridgehead atoms. The Hall–Kier alpha value is -2.57. The van der Waals surface area contributed by atoms with Gasteiger partial charge in [-0.2, -0.15) is 13.2 Å². The summed E-state index contributed by atoms with van der Waals surface area (Å²) in [5.41, 5.74) is 0.249. The highest BCUT2D eigenvalue weighted by atomic mass is 32.2. The van der Waals surface area contributed by atoms with Crippen molar-refractivity contribution >= 4 is 23.5 Å². The van der Waals surface area contributed by atoms with Crippen LogP contribution in [0.15, 0.2) is 34.2 Å². The summed E-state index contributed by atoms with van der Waals surface area (Å²) in [4.78, 5) is 29.3. The highest BCUT2D eigenvalue weighted by Crippen LogP contribution is 2.26. The Morgan fingerprint density at radius 3 is 2.59 bits per heavy atom. The molecule has 1 aromatic heterocycles. The highest BCUT2D eigenvalue weighted by Gasteiger charge is 2.29. The van der Waals surface area contributed by atoms with Gasteiger partial charge in [0.2, 0.25) is 5.91 Å². The second kappa shape index (κ2) is 10.8. The van der Waals surface area contributed by atoms with E-state index in [-0.39, 0.29) is 29.5 Å². The molecule has 0 fully saturated rings. The summed E-state index contributed by atoms with van der Waals surface area (Å²) in [5.74, 6) is 0.535. The number of nitrogens with zero attached hydrogens (tertiary/aromatic N) is 2. The van der Waals surface area contributed by atoms with Crippen molar-refractivity contribution in [1.82, 2.24) is 9.55 Å². The topological polar surface area (TPSA) is 91.7 Å². The van der Waals surface area contributed by atoms with E-state index >= 15 is 0 Å². The fourth-order valence-electron chi connectivity index (χ4n) is 2.89. The minimum atomic E-state index is -4.45. The number of halogens is 3. The van der Waals surface area contributed by atoms with Gasteiger partial charge in [-0.3, -0.25) is 14.2 Å². The maximum absolute atomic E-state index is 13.1. The molecule has 8 nitrogen and oxygen atoms in total. The second-order valence-corrected chi connectivity index (χ2v) is 7.85. The van der Waals surface area contributed by atoms with Gasteiger partial charge >= 0.3 is 6.18 Å². The maximum Gasteiger partial charge on any atom is 0.422 e. The van der Waals surface area contributed by atoms with Gasteiger partial charge in [0.05, 0.1) is 30.9 Å².